The molecule has 0 N–H and O–H groups in total. The molecule has 8 nitrogen and oxygen atoms in total. The summed E-state index contributed by atoms with van der Waals surface area (Å²) in [6, 6.07) is 2.15. The van der Waals surface area contributed by atoms with Crippen molar-refractivity contribution in [1.29, 1.82) is 5.26 Å². The quantitative estimate of drug-likeness (QED) is 0.765. The van der Waals surface area contributed by atoms with Gasteiger partial charge in [-0.05, 0) is 19.8 Å². The molecule has 0 aromatic carbocycles. The highest BCUT2D eigenvalue weighted by Crippen LogP contribution is 2.30. The van der Waals surface area contributed by atoms with Gasteiger partial charge in [0.1, 0.15) is 24.0 Å². The number of hydrogen-bond donors (Lipinski definition) is 0. The van der Waals surface area contributed by atoms with E-state index in [-0.39, 0.29) is 17.9 Å². The number of piperidine rings is 1. The van der Waals surface area contributed by atoms with Gasteiger partial charge in [-0.15, -0.1) is 0 Å². The normalized spacial score (nSPS) is 21.6. The number of fused-ring (bicyclic) bond motifs is 1. The van der Waals surface area contributed by atoms with Crippen molar-refractivity contribution in [1.82, 2.24) is 19.9 Å². The topological polar surface area (TPSA) is 95.2 Å². The predicted octanol–water partition coefficient (Wildman–Crippen LogP) is 1.91. The largest absolute Gasteiger partial charge is 0.490 e. The Hall–Kier alpha value is -3.28. The van der Waals surface area contributed by atoms with E-state index in [0.29, 0.717) is 56.3 Å². The molecule has 2 aromatic rings. The molecule has 0 aliphatic carbocycles. The molecule has 2 atom stereocenters. The summed E-state index contributed by atoms with van der Waals surface area (Å²) in [5.74, 6) is 0.501. The second-order valence-corrected chi connectivity index (χ2v) is 7.36. The van der Waals surface area contributed by atoms with Crippen LogP contribution < -0.4 is 9.64 Å². The first-order chi connectivity index (χ1) is 14.1. The average molecular weight is 396 g/mol. The van der Waals surface area contributed by atoms with Crippen LogP contribution in [-0.2, 0) is 11.3 Å². The van der Waals surface area contributed by atoms with E-state index in [1.807, 2.05) is 11.8 Å². The summed E-state index contributed by atoms with van der Waals surface area (Å²) in [5, 5.41) is 9.24. The highest BCUT2D eigenvalue weighted by Gasteiger charge is 2.34. The Bertz CT molecular complexity index is 945. The SMILES string of the molecule is CC1CC(C(=O)N2CCOc3c(C#N)cncc3C2)CCN1c1ncc(F)cn1. The summed E-state index contributed by atoms with van der Waals surface area (Å²) in [7, 11) is 0. The minimum absolute atomic E-state index is 0.0607. The smallest absolute Gasteiger partial charge is 0.226 e. The van der Waals surface area contributed by atoms with Crippen molar-refractivity contribution in [3.05, 3.63) is 41.7 Å². The van der Waals surface area contributed by atoms with E-state index in [9.17, 15) is 14.4 Å². The van der Waals surface area contributed by atoms with Crippen LogP contribution in [0.4, 0.5) is 10.3 Å². The first-order valence-electron chi connectivity index (χ1n) is 9.59. The van der Waals surface area contributed by atoms with Gasteiger partial charge in [0, 0.05) is 36.5 Å². The van der Waals surface area contributed by atoms with Gasteiger partial charge in [-0.25, -0.2) is 14.4 Å². The number of ether oxygens (including phenoxy) is 1. The van der Waals surface area contributed by atoms with Gasteiger partial charge >= 0.3 is 0 Å². The van der Waals surface area contributed by atoms with Gasteiger partial charge in [0.25, 0.3) is 0 Å². The average Bonchev–Trinajstić information content (AvgIpc) is 2.96. The van der Waals surface area contributed by atoms with Gasteiger partial charge in [0.2, 0.25) is 11.9 Å². The fourth-order valence-corrected chi connectivity index (χ4v) is 3.99. The molecular formula is C20H21FN6O2. The molecule has 9 heteroatoms. The van der Waals surface area contributed by atoms with Crippen LogP contribution >= 0.6 is 0 Å². The molecular weight excluding hydrogens is 375 g/mol. The van der Waals surface area contributed by atoms with E-state index in [1.54, 1.807) is 11.1 Å². The summed E-state index contributed by atoms with van der Waals surface area (Å²) in [6.45, 7) is 3.84. The zero-order valence-corrected chi connectivity index (χ0v) is 16.1. The Morgan fingerprint density at radius 1 is 1.28 bits per heavy atom. The maximum absolute atomic E-state index is 13.2. The number of rotatable bonds is 2. The number of nitriles is 1. The van der Waals surface area contributed by atoms with E-state index < -0.39 is 5.82 Å². The molecule has 29 heavy (non-hydrogen) atoms. The van der Waals surface area contributed by atoms with Gasteiger partial charge in [-0.3, -0.25) is 9.78 Å². The number of halogens is 1. The number of nitrogens with zero attached hydrogens (tertiary/aromatic N) is 6. The first kappa shape index (κ1) is 19.1. The van der Waals surface area contributed by atoms with Crippen molar-refractivity contribution in [3.8, 4) is 11.8 Å². The molecule has 150 valence electrons. The van der Waals surface area contributed by atoms with E-state index in [0.717, 1.165) is 18.0 Å². The van der Waals surface area contributed by atoms with Gasteiger partial charge < -0.3 is 14.5 Å². The lowest BCUT2D eigenvalue weighted by Crippen LogP contribution is -2.47. The summed E-state index contributed by atoms with van der Waals surface area (Å²) in [4.78, 5) is 29.2. The highest BCUT2D eigenvalue weighted by molar-refractivity contribution is 5.79. The Morgan fingerprint density at radius 2 is 2.07 bits per heavy atom. The van der Waals surface area contributed by atoms with Crippen LogP contribution in [0.5, 0.6) is 5.75 Å². The molecule has 1 saturated heterocycles. The lowest BCUT2D eigenvalue weighted by Gasteiger charge is -2.38. The van der Waals surface area contributed by atoms with Gasteiger partial charge in [0.15, 0.2) is 5.82 Å². The number of hydrogen-bond acceptors (Lipinski definition) is 7. The second kappa shape index (κ2) is 7.99. The van der Waals surface area contributed by atoms with Crippen LogP contribution in [0.15, 0.2) is 24.8 Å². The monoisotopic (exact) mass is 396 g/mol. The van der Waals surface area contributed by atoms with Crippen molar-refractivity contribution in [2.24, 2.45) is 5.92 Å². The van der Waals surface area contributed by atoms with Gasteiger partial charge in [-0.2, -0.15) is 5.26 Å². The molecule has 0 radical (unpaired) electrons. The third kappa shape index (κ3) is 3.83. The van der Waals surface area contributed by atoms with Gasteiger partial charge in [0.05, 0.1) is 25.5 Å². The molecule has 0 spiro atoms. The Morgan fingerprint density at radius 3 is 2.79 bits per heavy atom. The molecule has 2 aliphatic heterocycles. The second-order valence-electron chi connectivity index (χ2n) is 7.36. The van der Waals surface area contributed by atoms with E-state index in [4.69, 9.17) is 4.74 Å². The maximum Gasteiger partial charge on any atom is 0.226 e. The summed E-state index contributed by atoms with van der Waals surface area (Å²) in [6.07, 6.45) is 6.78. The molecule has 4 rings (SSSR count). The van der Waals surface area contributed by atoms with E-state index in [1.165, 1.54) is 6.20 Å². The number of amides is 1. The number of pyridine rings is 1. The molecule has 2 aromatic heterocycles. The molecule has 2 aliphatic rings. The zero-order valence-electron chi connectivity index (χ0n) is 16.1. The van der Waals surface area contributed by atoms with Crippen molar-refractivity contribution in [2.45, 2.75) is 32.4 Å². The summed E-state index contributed by atoms with van der Waals surface area (Å²) < 4.78 is 18.8. The van der Waals surface area contributed by atoms with Gasteiger partial charge in [-0.1, -0.05) is 0 Å². The number of carbonyl (C=O) groups is 1. The van der Waals surface area contributed by atoms with Crippen molar-refractivity contribution in [3.63, 3.8) is 0 Å². The Balaban J connectivity index is 1.45. The van der Waals surface area contributed by atoms with Crippen LogP contribution in [0.3, 0.4) is 0 Å². The third-order valence-electron chi connectivity index (χ3n) is 5.46. The molecule has 4 heterocycles. The van der Waals surface area contributed by atoms with Crippen LogP contribution in [0.25, 0.3) is 0 Å². The minimum Gasteiger partial charge on any atom is -0.490 e. The summed E-state index contributed by atoms with van der Waals surface area (Å²) in [5.41, 5.74) is 1.14. The van der Waals surface area contributed by atoms with Crippen molar-refractivity contribution in [2.75, 3.05) is 24.6 Å². The minimum atomic E-state index is -0.468. The zero-order chi connectivity index (χ0) is 20.4. The molecule has 0 bridgehead atoms. The number of carbonyl (C=O) groups excluding carboxylic acids is 1. The fraction of sp³-hybridized carbons (Fsp3) is 0.450. The summed E-state index contributed by atoms with van der Waals surface area (Å²) >= 11 is 0. The molecule has 1 fully saturated rings. The number of aromatic nitrogens is 3. The maximum atomic E-state index is 13.2. The highest BCUT2D eigenvalue weighted by atomic mass is 19.1. The Kier molecular flexibility index (Phi) is 5.25. The molecule has 2 unspecified atom stereocenters. The lowest BCUT2D eigenvalue weighted by atomic mass is 9.90. The number of anilines is 1. The Labute approximate surface area is 168 Å². The standard InChI is InChI=1S/C20H21FN6O2/c1-13-6-14(2-3-27(13)20-24-10-17(21)11-25-20)19(28)26-4-5-29-18-15(7-22)8-23-9-16(18)12-26/h8-11,13-14H,2-6,12H2,1H3. The van der Waals surface area contributed by atoms with Crippen molar-refractivity contribution >= 4 is 11.9 Å². The van der Waals surface area contributed by atoms with Crippen LogP contribution in [0.1, 0.15) is 30.9 Å². The van der Waals surface area contributed by atoms with Crippen LogP contribution in [0, 0.1) is 23.1 Å². The van der Waals surface area contributed by atoms with Crippen LogP contribution in [0.2, 0.25) is 0 Å². The van der Waals surface area contributed by atoms with Crippen LogP contribution in [-0.4, -0.2) is 51.5 Å². The predicted molar refractivity (Wildman–Crippen MR) is 101 cm³/mol. The van der Waals surface area contributed by atoms with E-state index in [2.05, 4.69) is 21.0 Å². The molecule has 1 amide bonds. The van der Waals surface area contributed by atoms with Crippen molar-refractivity contribution < 1.29 is 13.9 Å². The lowest BCUT2D eigenvalue weighted by molar-refractivity contribution is -0.137. The first-order valence-corrected chi connectivity index (χ1v) is 9.59. The third-order valence-corrected chi connectivity index (χ3v) is 5.46. The molecule has 0 saturated carbocycles. The fourth-order valence-electron chi connectivity index (χ4n) is 3.99. The van der Waals surface area contributed by atoms with E-state index >= 15 is 0 Å².